The lowest BCUT2D eigenvalue weighted by Crippen LogP contribution is -2.27. The van der Waals surface area contributed by atoms with E-state index in [1.807, 2.05) is 24.3 Å². The van der Waals surface area contributed by atoms with Gasteiger partial charge < -0.3 is 4.74 Å². The third-order valence-corrected chi connectivity index (χ3v) is 7.51. The van der Waals surface area contributed by atoms with Crippen LogP contribution in [0.25, 0.3) is 0 Å². The van der Waals surface area contributed by atoms with Gasteiger partial charge in [0.25, 0.3) is 0 Å². The van der Waals surface area contributed by atoms with Gasteiger partial charge in [0.05, 0.1) is 5.92 Å². The SMILES string of the molecule is CC(C(=O)OCC(=O)c1ccccc1)c1ccc2c(c1)SCC1CCCCC1C2=O. The number of carbonyl (C=O) groups is 3. The lowest BCUT2D eigenvalue weighted by atomic mass is 9.76. The number of fused-ring (bicyclic) bond motifs is 2. The van der Waals surface area contributed by atoms with E-state index in [9.17, 15) is 14.4 Å². The Bertz CT molecular complexity index is 953. The Balaban J connectivity index is 1.44. The molecule has 4 rings (SSSR count). The number of carbonyl (C=O) groups excluding carboxylic acids is 3. The number of hydrogen-bond acceptors (Lipinski definition) is 5. The summed E-state index contributed by atoms with van der Waals surface area (Å²) in [5.41, 5.74) is 2.13. The Hall–Kier alpha value is -2.40. The van der Waals surface area contributed by atoms with Crippen molar-refractivity contribution in [3.8, 4) is 0 Å². The minimum absolute atomic E-state index is 0.143. The summed E-state index contributed by atoms with van der Waals surface area (Å²) in [6.07, 6.45) is 4.46. The lowest BCUT2D eigenvalue weighted by Gasteiger charge is -2.28. The molecule has 5 heteroatoms. The highest BCUT2D eigenvalue weighted by Crippen LogP contribution is 2.42. The van der Waals surface area contributed by atoms with E-state index in [-0.39, 0.29) is 24.1 Å². The van der Waals surface area contributed by atoms with Gasteiger partial charge in [0, 0.05) is 27.7 Å². The van der Waals surface area contributed by atoms with Crippen molar-refractivity contribution in [3.05, 3.63) is 65.2 Å². The standard InChI is InChI=1S/C25H26O4S/c1-16(25(28)29-14-22(26)17-7-3-2-4-8-17)18-11-12-21-23(13-18)30-15-19-9-5-6-10-20(19)24(21)27/h2-4,7-8,11-13,16,19-20H,5-6,9-10,14-15H2,1H3. The highest BCUT2D eigenvalue weighted by Gasteiger charge is 2.35. The van der Waals surface area contributed by atoms with Crippen molar-refractivity contribution in [2.75, 3.05) is 12.4 Å². The molecule has 156 valence electrons. The van der Waals surface area contributed by atoms with E-state index in [0.717, 1.165) is 41.0 Å². The number of benzene rings is 2. The molecule has 1 fully saturated rings. The maximum atomic E-state index is 13.1. The van der Waals surface area contributed by atoms with Crippen LogP contribution in [0.15, 0.2) is 53.4 Å². The molecule has 0 radical (unpaired) electrons. The van der Waals surface area contributed by atoms with Crippen LogP contribution in [0, 0.1) is 11.8 Å². The van der Waals surface area contributed by atoms with E-state index in [1.165, 1.54) is 6.42 Å². The van der Waals surface area contributed by atoms with Gasteiger partial charge in [-0.05, 0) is 43.4 Å². The average Bonchev–Trinajstić information content (AvgIpc) is 2.94. The lowest BCUT2D eigenvalue weighted by molar-refractivity contribution is -0.143. The topological polar surface area (TPSA) is 60.4 Å². The van der Waals surface area contributed by atoms with Crippen LogP contribution in [-0.2, 0) is 9.53 Å². The summed E-state index contributed by atoms with van der Waals surface area (Å²) in [6.45, 7) is 1.51. The Morgan fingerprint density at radius 3 is 2.67 bits per heavy atom. The minimum Gasteiger partial charge on any atom is -0.457 e. The van der Waals surface area contributed by atoms with Crippen molar-refractivity contribution in [1.82, 2.24) is 0 Å². The molecular weight excluding hydrogens is 396 g/mol. The van der Waals surface area contributed by atoms with E-state index in [4.69, 9.17) is 4.74 Å². The van der Waals surface area contributed by atoms with E-state index < -0.39 is 11.9 Å². The predicted octanol–water partition coefficient (Wildman–Crippen LogP) is 5.31. The summed E-state index contributed by atoms with van der Waals surface area (Å²) < 4.78 is 5.28. The van der Waals surface area contributed by atoms with Crippen molar-refractivity contribution in [1.29, 1.82) is 0 Å². The summed E-state index contributed by atoms with van der Waals surface area (Å²) in [5.74, 6) is 0.662. The van der Waals surface area contributed by atoms with Gasteiger partial charge in [0.2, 0.25) is 0 Å². The second kappa shape index (κ2) is 9.17. The van der Waals surface area contributed by atoms with Crippen LogP contribution in [0.3, 0.4) is 0 Å². The third-order valence-electron chi connectivity index (χ3n) is 6.26. The molecule has 1 aliphatic carbocycles. The zero-order valence-corrected chi connectivity index (χ0v) is 18.0. The van der Waals surface area contributed by atoms with Crippen molar-refractivity contribution in [3.63, 3.8) is 0 Å². The van der Waals surface area contributed by atoms with Gasteiger partial charge >= 0.3 is 5.97 Å². The number of hydrogen-bond donors (Lipinski definition) is 0. The first-order valence-corrected chi connectivity index (χ1v) is 11.6. The van der Waals surface area contributed by atoms with Gasteiger partial charge in [-0.25, -0.2) is 0 Å². The molecule has 4 nitrogen and oxygen atoms in total. The normalized spacial score (nSPS) is 21.7. The largest absolute Gasteiger partial charge is 0.457 e. The van der Waals surface area contributed by atoms with Crippen molar-refractivity contribution < 1.29 is 19.1 Å². The van der Waals surface area contributed by atoms with Gasteiger partial charge in [-0.3, -0.25) is 14.4 Å². The third kappa shape index (κ3) is 4.36. The molecule has 0 bridgehead atoms. The van der Waals surface area contributed by atoms with E-state index in [2.05, 4.69) is 0 Å². The van der Waals surface area contributed by atoms with Crippen LogP contribution >= 0.6 is 11.8 Å². The minimum atomic E-state index is -0.500. The molecule has 2 aliphatic rings. The Labute approximate surface area is 181 Å². The second-order valence-electron chi connectivity index (χ2n) is 8.20. The first-order valence-electron chi connectivity index (χ1n) is 10.6. The number of ether oxygens (including phenoxy) is 1. The van der Waals surface area contributed by atoms with Gasteiger partial charge in [0.1, 0.15) is 0 Å². The van der Waals surface area contributed by atoms with Crippen molar-refractivity contribution in [2.24, 2.45) is 11.8 Å². The molecule has 0 aromatic heterocycles. The van der Waals surface area contributed by atoms with Crippen LogP contribution in [0.2, 0.25) is 0 Å². The first kappa shape index (κ1) is 20.9. The zero-order valence-electron chi connectivity index (χ0n) is 17.1. The molecule has 0 spiro atoms. The zero-order chi connectivity index (χ0) is 21.1. The number of esters is 1. The van der Waals surface area contributed by atoms with Gasteiger partial charge in [-0.2, -0.15) is 0 Å². The molecule has 0 N–H and O–H groups in total. The van der Waals surface area contributed by atoms with Gasteiger partial charge in [-0.1, -0.05) is 49.2 Å². The molecule has 3 unspecified atom stereocenters. The number of rotatable bonds is 5. The molecule has 2 aromatic carbocycles. The fraction of sp³-hybridized carbons (Fsp3) is 0.400. The number of Topliss-reactive ketones (excluding diaryl/α,β-unsaturated/α-hetero) is 2. The van der Waals surface area contributed by atoms with Crippen LogP contribution < -0.4 is 0 Å². The van der Waals surface area contributed by atoms with Crippen molar-refractivity contribution >= 4 is 29.3 Å². The number of thioether (sulfide) groups is 1. The Morgan fingerprint density at radius 2 is 1.87 bits per heavy atom. The Morgan fingerprint density at radius 1 is 1.10 bits per heavy atom. The monoisotopic (exact) mass is 422 g/mol. The first-order chi connectivity index (χ1) is 14.5. The van der Waals surface area contributed by atoms with Crippen LogP contribution in [0.1, 0.15) is 64.8 Å². The predicted molar refractivity (Wildman–Crippen MR) is 117 cm³/mol. The molecule has 30 heavy (non-hydrogen) atoms. The van der Waals surface area contributed by atoms with Gasteiger partial charge in [-0.15, -0.1) is 11.8 Å². The highest BCUT2D eigenvalue weighted by atomic mass is 32.2. The van der Waals surface area contributed by atoms with Crippen molar-refractivity contribution in [2.45, 2.75) is 43.4 Å². The molecule has 1 saturated carbocycles. The van der Waals surface area contributed by atoms with Crippen LogP contribution in [-0.4, -0.2) is 29.9 Å². The van der Waals surface area contributed by atoms with Crippen LogP contribution in [0.4, 0.5) is 0 Å². The van der Waals surface area contributed by atoms with E-state index in [0.29, 0.717) is 11.5 Å². The number of ketones is 2. The van der Waals surface area contributed by atoms with E-state index in [1.54, 1.807) is 43.0 Å². The fourth-order valence-electron chi connectivity index (χ4n) is 4.39. The average molecular weight is 423 g/mol. The second-order valence-corrected chi connectivity index (χ2v) is 9.26. The molecule has 0 saturated heterocycles. The van der Waals surface area contributed by atoms with Crippen LogP contribution in [0.5, 0.6) is 0 Å². The quantitative estimate of drug-likeness (QED) is 0.483. The maximum absolute atomic E-state index is 13.1. The molecule has 1 heterocycles. The Kier molecular flexibility index (Phi) is 6.38. The summed E-state index contributed by atoms with van der Waals surface area (Å²) in [5, 5.41) is 0. The molecule has 0 amide bonds. The fourth-order valence-corrected chi connectivity index (χ4v) is 5.72. The molecule has 2 aromatic rings. The summed E-state index contributed by atoms with van der Waals surface area (Å²) in [7, 11) is 0. The summed E-state index contributed by atoms with van der Waals surface area (Å²) >= 11 is 1.73. The maximum Gasteiger partial charge on any atom is 0.313 e. The molecular formula is C25H26O4S. The summed E-state index contributed by atoms with van der Waals surface area (Å²) in [4.78, 5) is 38.7. The summed E-state index contributed by atoms with van der Waals surface area (Å²) in [6, 6.07) is 14.5. The highest BCUT2D eigenvalue weighted by molar-refractivity contribution is 7.99. The van der Waals surface area contributed by atoms with E-state index >= 15 is 0 Å². The molecule has 3 atom stereocenters. The smallest absolute Gasteiger partial charge is 0.313 e. The molecule has 1 aliphatic heterocycles. The van der Waals surface area contributed by atoms with Gasteiger partial charge in [0.15, 0.2) is 18.2 Å².